The summed E-state index contributed by atoms with van der Waals surface area (Å²) in [5.74, 6) is -0.815. The van der Waals surface area contributed by atoms with Crippen molar-refractivity contribution < 1.29 is 24.9 Å². The number of para-hydroxylation sites is 2. The van der Waals surface area contributed by atoms with Crippen molar-refractivity contribution in [3.63, 3.8) is 0 Å². The van der Waals surface area contributed by atoms with Gasteiger partial charge in [-0.25, -0.2) is 4.57 Å². The minimum absolute atomic E-state index is 0.0102. The fourth-order valence-corrected chi connectivity index (χ4v) is 3.97. The summed E-state index contributed by atoms with van der Waals surface area (Å²) < 4.78 is 6.88. The number of benzene rings is 3. The molecule has 4 rings (SSSR count). The van der Waals surface area contributed by atoms with Crippen molar-refractivity contribution in [3.05, 3.63) is 76.8 Å². The van der Waals surface area contributed by atoms with E-state index in [1.807, 2.05) is 6.07 Å². The first-order chi connectivity index (χ1) is 17.8. The van der Waals surface area contributed by atoms with Crippen molar-refractivity contribution in [1.82, 2.24) is 19.7 Å². The van der Waals surface area contributed by atoms with Gasteiger partial charge in [0.1, 0.15) is 23.9 Å². The summed E-state index contributed by atoms with van der Waals surface area (Å²) in [6, 6.07) is 17.6. The van der Waals surface area contributed by atoms with E-state index in [1.165, 1.54) is 15.5 Å². The number of halogens is 1. The third-order valence-electron chi connectivity index (χ3n) is 5.52. The SMILES string of the molecule is CN(Cc1ccccc1OCCC#N)C(=O)c1cc(-c2nnc(O)n2-c2ccccc2Cl)c(O)cc1O. The van der Waals surface area contributed by atoms with E-state index in [1.54, 1.807) is 55.6 Å². The topological polar surface area (TPSA) is 145 Å². The fraction of sp³-hybridized carbons (Fsp3) is 0.154. The van der Waals surface area contributed by atoms with E-state index in [0.29, 0.717) is 22.0 Å². The summed E-state index contributed by atoms with van der Waals surface area (Å²) >= 11 is 6.29. The number of ether oxygens (including phenoxy) is 1. The Labute approximate surface area is 217 Å². The van der Waals surface area contributed by atoms with Gasteiger partial charge in [0, 0.05) is 25.2 Å². The summed E-state index contributed by atoms with van der Waals surface area (Å²) in [4.78, 5) is 14.7. The van der Waals surface area contributed by atoms with Crippen LogP contribution in [0.15, 0.2) is 60.7 Å². The molecule has 1 heterocycles. The Morgan fingerprint density at radius 3 is 2.57 bits per heavy atom. The largest absolute Gasteiger partial charge is 0.507 e. The van der Waals surface area contributed by atoms with Crippen LogP contribution >= 0.6 is 11.6 Å². The lowest BCUT2D eigenvalue weighted by molar-refractivity contribution is 0.0781. The predicted molar refractivity (Wildman–Crippen MR) is 135 cm³/mol. The van der Waals surface area contributed by atoms with Crippen molar-refractivity contribution in [1.29, 1.82) is 5.26 Å². The van der Waals surface area contributed by atoms with Gasteiger partial charge in [0.05, 0.1) is 34.3 Å². The molecule has 3 N–H and O–H groups in total. The smallest absolute Gasteiger partial charge is 0.319 e. The lowest BCUT2D eigenvalue weighted by atomic mass is 10.1. The lowest BCUT2D eigenvalue weighted by Gasteiger charge is -2.20. The number of nitrogens with zero attached hydrogens (tertiary/aromatic N) is 5. The molecule has 0 atom stereocenters. The van der Waals surface area contributed by atoms with Gasteiger partial charge < -0.3 is 25.0 Å². The van der Waals surface area contributed by atoms with Gasteiger partial charge in [0.2, 0.25) is 0 Å². The van der Waals surface area contributed by atoms with Crippen LogP contribution in [0.2, 0.25) is 5.02 Å². The normalized spacial score (nSPS) is 10.6. The van der Waals surface area contributed by atoms with Gasteiger partial charge in [-0.2, -0.15) is 5.26 Å². The molecular formula is C26H22ClN5O5. The predicted octanol–water partition coefficient (Wildman–Crippen LogP) is 4.27. The number of carbonyl (C=O) groups excluding carboxylic acids is 1. The zero-order valence-corrected chi connectivity index (χ0v) is 20.4. The van der Waals surface area contributed by atoms with Crippen LogP contribution in [-0.4, -0.2) is 54.5 Å². The van der Waals surface area contributed by atoms with Crippen LogP contribution in [-0.2, 0) is 6.54 Å². The number of amides is 1. The molecule has 0 radical (unpaired) electrons. The number of nitriles is 1. The van der Waals surface area contributed by atoms with Crippen LogP contribution in [0.1, 0.15) is 22.3 Å². The van der Waals surface area contributed by atoms with E-state index in [0.717, 1.165) is 6.07 Å². The number of phenols is 2. The van der Waals surface area contributed by atoms with Crippen LogP contribution in [0.4, 0.5) is 0 Å². The standard InChI is InChI=1S/C26H22ClN5O5/c1-31(15-16-7-2-5-10-23(16)37-12-6-11-28)25(35)18-13-17(21(33)14-22(18)34)24-29-30-26(36)32(24)20-9-4-3-8-19(20)27/h2-5,7-10,13-14,33-34H,6,12,15H2,1H3,(H,30,36). The third-order valence-corrected chi connectivity index (χ3v) is 5.84. The number of phenolic OH excluding ortho intramolecular Hbond substituents is 2. The van der Waals surface area contributed by atoms with Crippen molar-refractivity contribution in [2.45, 2.75) is 13.0 Å². The molecule has 0 bridgehead atoms. The number of carbonyl (C=O) groups is 1. The highest BCUT2D eigenvalue weighted by Crippen LogP contribution is 2.38. The van der Waals surface area contributed by atoms with Crippen LogP contribution in [0, 0.1) is 11.3 Å². The van der Waals surface area contributed by atoms with Crippen molar-refractivity contribution >= 4 is 17.5 Å². The molecule has 0 aliphatic rings. The van der Waals surface area contributed by atoms with Crippen LogP contribution in [0.3, 0.4) is 0 Å². The molecule has 0 saturated heterocycles. The maximum Gasteiger partial charge on any atom is 0.319 e. The average molecular weight is 520 g/mol. The van der Waals surface area contributed by atoms with Crippen molar-refractivity contribution in [2.75, 3.05) is 13.7 Å². The van der Waals surface area contributed by atoms with E-state index >= 15 is 0 Å². The minimum Gasteiger partial charge on any atom is -0.507 e. The van der Waals surface area contributed by atoms with Gasteiger partial charge in [-0.15, -0.1) is 5.10 Å². The first-order valence-corrected chi connectivity index (χ1v) is 11.5. The summed E-state index contributed by atoms with van der Waals surface area (Å²) in [7, 11) is 1.55. The zero-order valence-electron chi connectivity index (χ0n) is 19.7. The molecule has 0 unspecified atom stereocenters. The number of aromatic hydroxyl groups is 3. The van der Waals surface area contributed by atoms with Gasteiger partial charge in [0.25, 0.3) is 5.91 Å². The Hall–Kier alpha value is -4.75. The van der Waals surface area contributed by atoms with Crippen molar-refractivity contribution in [2.24, 2.45) is 0 Å². The van der Waals surface area contributed by atoms with E-state index in [-0.39, 0.29) is 42.3 Å². The van der Waals surface area contributed by atoms with Gasteiger partial charge >= 0.3 is 6.01 Å². The van der Waals surface area contributed by atoms with Gasteiger partial charge in [0.15, 0.2) is 5.82 Å². The Morgan fingerprint density at radius 1 is 1.08 bits per heavy atom. The average Bonchev–Trinajstić information content (AvgIpc) is 3.26. The number of hydrogen-bond donors (Lipinski definition) is 3. The molecule has 188 valence electrons. The van der Waals surface area contributed by atoms with Crippen LogP contribution in [0.5, 0.6) is 23.3 Å². The van der Waals surface area contributed by atoms with Gasteiger partial charge in [-0.3, -0.25) is 4.79 Å². The maximum atomic E-state index is 13.3. The van der Waals surface area contributed by atoms with E-state index in [9.17, 15) is 20.1 Å². The van der Waals surface area contributed by atoms with Gasteiger partial charge in [-0.05, 0) is 24.3 Å². The highest BCUT2D eigenvalue weighted by atomic mass is 35.5. The summed E-state index contributed by atoms with van der Waals surface area (Å²) in [5.41, 5.74) is 0.999. The highest BCUT2D eigenvalue weighted by Gasteiger charge is 2.24. The second-order valence-electron chi connectivity index (χ2n) is 8.02. The number of hydrogen-bond acceptors (Lipinski definition) is 8. The van der Waals surface area contributed by atoms with Gasteiger partial charge in [-0.1, -0.05) is 47.0 Å². The Balaban J connectivity index is 1.68. The quantitative estimate of drug-likeness (QED) is 0.293. The lowest BCUT2D eigenvalue weighted by Crippen LogP contribution is -2.26. The molecule has 11 heteroatoms. The number of rotatable bonds is 8. The monoisotopic (exact) mass is 519 g/mol. The van der Waals surface area contributed by atoms with E-state index < -0.39 is 17.7 Å². The molecule has 0 aliphatic heterocycles. The van der Waals surface area contributed by atoms with Crippen molar-refractivity contribution in [3.8, 4) is 46.4 Å². The van der Waals surface area contributed by atoms with E-state index in [4.69, 9.17) is 21.6 Å². The zero-order chi connectivity index (χ0) is 26.5. The fourth-order valence-electron chi connectivity index (χ4n) is 3.75. The molecule has 0 saturated carbocycles. The molecule has 1 aromatic heterocycles. The molecule has 10 nitrogen and oxygen atoms in total. The highest BCUT2D eigenvalue weighted by molar-refractivity contribution is 6.32. The maximum absolute atomic E-state index is 13.3. The molecule has 0 spiro atoms. The molecule has 4 aromatic rings. The molecule has 3 aromatic carbocycles. The molecular weight excluding hydrogens is 498 g/mol. The Kier molecular flexibility index (Phi) is 7.46. The summed E-state index contributed by atoms with van der Waals surface area (Å²) in [6.07, 6.45) is 0.224. The first-order valence-electron chi connectivity index (χ1n) is 11.1. The summed E-state index contributed by atoms with van der Waals surface area (Å²) in [5, 5.41) is 48.1. The third kappa shape index (κ3) is 5.27. The second-order valence-corrected chi connectivity index (χ2v) is 8.43. The minimum atomic E-state index is -0.543. The van der Waals surface area contributed by atoms with Crippen LogP contribution < -0.4 is 4.74 Å². The Bertz CT molecular complexity index is 1500. The second kappa shape index (κ2) is 10.9. The molecule has 1 amide bonds. The van der Waals surface area contributed by atoms with E-state index in [2.05, 4.69) is 10.2 Å². The summed E-state index contributed by atoms with van der Waals surface area (Å²) in [6.45, 7) is 0.361. The molecule has 0 aliphatic carbocycles. The molecule has 0 fully saturated rings. The molecule has 37 heavy (non-hydrogen) atoms. The number of aromatic nitrogens is 3. The van der Waals surface area contributed by atoms with Crippen LogP contribution in [0.25, 0.3) is 17.1 Å². The first kappa shape index (κ1) is 25.3. The Morgan fingerprint density at radius 2 is 1.81 bits per heavy atom.